The van der Waals surface area contributed by atoms with Crippen LogP contribution in [0.25, 0.3) is 0 Å². The molecule has 1 aliphatic rings. The average molecular weight is 278 g/mol. The summed E-state index contributed by atoms with van der Waals surface area (Å²) in [4.78, 5) is 22.7. The summed E-state index contributed by atoms with van der Waals surface area (Å²) in [6, 6.07) is -0.861. The Kier molecular flexibility index (Phi) is 5.65. The van der Waals surface area contributed by atoms with Crippen molar-refractivity contribution in [3.05, 3.63) is 0 Å². The Hall–Kier alpha value is -1.24. The van der Waals surface area contributed by atoms with Gasteiger partial charge in [-0.1, -0.05) is 0 Å². The van der Waals surface area contributed by atoms with Gasteiger partial charge in [-0.2, -0.15) is 0 Å². The summed E-state index contributed by atoms with van der Waals surface area (Å²) in [5.74, 6) is -3.76. The Morgan fingerprint density at radius 2 is 2.32 bits per heavy atom. The van der Waals surface area contributed by atoms with Crippen molar-refractivity contribution in [3.8, 4) is 0 Å². The van der Waals surface area contributed by atoms with E-state index in [1.54, 1.807) is 4.90 Å². The van der Waals surface area contributed by atoms with E-state index in [2.05, 4.69) is 5.32 Å². The van der Waals surface area contributed by atoms with Gasteiger partial charge in [0.25, 0.3) is 5.92 Å². The fourth-order valence-electron chi connectivity index (χ4n) is 2.29. The lowest BCUT2D eigenvalue weighted by Gasteiger charge is -2.37. The third-order valence-electron chi connectivity index (χ3n) is 3.49. The zero-order valence-electron chi connectivity index (χ0n) is 10.9. The van der Waals surface area contributed by atoms with Gasteiger partial charge in [0, 0.05) is 12.5 Å². The molecule has 1 saturated heterocycles. The monoisotopic (exact) mass is 278 g/mol. The van der Waals surface area contributed by atoms with E-state index in [-0.39, 0.29) is 25.4 Å². The standard InChI is InChI=1S/C12H20F2N2O3/c1-9-4-5-12(13,14)7-16(9)6-2-3-10(11(18)19)15-8-17/h8-10H,2-7H2,1H3,(H,15,17)(H,18,19). The van der Waals surface area contributed by atoms with E-state index in [1.807, 2.05) is 6.92 Å². The second kappa shape index (κ2) is 6.79. The van der Waals surface area contributed by atoms with Crippen molar-refractivity contribution < 1.29 is 23.5 Å². The average Bonchev–Trinajstić information content (AvgIpc) is 2.32. The van der Waals surface area contributed by atoms with E-state index in [9.17, 15) is 18.4 Å². The van der Waals surface area contributed by atoms with Crippen molar-refractivity contribution in [2.45, 2.75) is 50.6 Å². The highest BCUT2D eigenvalue weighted by atomic mass is 19.3. The second-order valence-electron chi connectivity index (χ2n) is 5.03. The summed E-state index contributed by atoms with van der Waals surface area (Å²) in [7, 11) is 0. The molecule has 5 nitrogen and oxygen atoms in total. The quantitative estimate of drug-likeness (QED) is 0.684. The lowest BCUT2D eigenvalue weighted by atomic mass is 10.00. The van der Waals surface area contributed by atoms with Crippen molar-refractivity contribution in [2.24, 2.45) is 0 Å². The number of nitrogens with one attached hydrogen (secondary N) is 1. The van der Waals surface area contributed by atoms with Gasteiger partial charge in [-0.25, -0.2) is 13.6 Å². The molecule has 1 rings (SSSR count). The van der Waals surface area contributed by atoms with Gasteiger partial charge in [-0.3, -0.25) is 9.69 Å². The van der Waals surface area contributed by atoms with E-state index in [4.69, 9.17) is 5.11 Å². The van der Waals surface area contributed by atoms with Gasteiger partial charge >= 0.3 is 5.97 Å². The molecule has 2 unspecified atom stereocenters. The van der Waals surface area contributed by atoms with Crippen LogP contribution in [0.15, 0.2) is 0 Å². The fraction of sp³-hybridized carbons (Fsp3) is 0.833. The number of hydrogen-bond donors (Lipinski definition) is 2. The lowest BCUT2D eigenvalue weighted by Crippen LogP contribution is -2.48. The summed E-state index contributed by atoms with van der Waals surface area (Å²) in [5, 5.41) is 11.0. The Labute approximate surface area is 111 Å². The Balaban J connectivity index is 2.38. The molecule has 7 heteroatoms. The lowest BCUT2D eigenvalue weighted by molar-refractivity contribution is -0.140. The van der Waals surface area contributed by atoms with Gasteiger partial charge < -0.3 is 10.4 Å². The van der Waals surface area contributed by atoms with Gasteiger partial charge in [0.05, 0.1) is 6.54 Å². The molecule has 1 fully saturated rings. The van der Waals surface area contributed by atoms with Crippen LogP contribution in [0.4, 0.5) is 8.78 Å². The largest absolute Gasteiger partial charge is 0.480 e. The van der Waals surface area contributed by atoms with Crippen molar-refractivity contribution in [1.29, 1.82) is 0 Å². The maximum absolute atomic E-state index is 13.3. The molecular weight excluding hydrogens is 258 g/mol. The van der Waals surface area contributed by atoms with E-state index >= 15 is 0 Å². The molecule has 1 aliphatic heterocycles. The summed E-state index contributed by atoms with van der Waals surface area (Å²) in [6.45, 7) is 2.04. The molecule has 0 saturated carbocycles. The van der Waals surface area contributed by atoms with Gasteiger partial charge in [-0.05, 0) is 32.7 Å². The number of carboxylic acid groups (broad SMARTS) is 1. The molecule has 0 aliphatic carbocycles. The van der Waals surface area contributed by atoms with Crippen LogP contribution >= 0.6 is 0 Å². The van der Waals surface area contributed by atoms with E-state index < -0.39 is 17.9 Å². The zero-order chi connectivity index (χ0) is 14.5. The van der Waals surface area contributed by atoms with Crippen molar-refractivity contribution in [3.63, 3.8) is 0 Å². The van der Waals surface area contributed by atoms with Crippen LogP contribution in [0.2, 0.25) is 0 Å². The third kappa shape index (κ3) is 5.10. The first-order chi connectivity index (χ1) is 8.85. The number of carboxylic acids is 1. The highest BCUT2D eigenvalue weighted by molar-refractivity contribution is 5.76. The van der Waals surface area contributed by atoms with Gasteiger partial charge in [0.15, 0.2) is 0 Å². The number of amides is 1. The van der Waals surface area contributed by atoms with Crippen molar-refractivity contribution >= 4 is 12.4 Å². The van der Waals surface area contributed by atoms with E-state index in [1.165, 1.54) is 0 Å². The van der Waals surface area contributed by atoms with Crippen molar-refractivity contribution in [1.82, 2.24) is 10.2 Å². The first-order valence-corrected chi connectivity index (χ1v) is 6.40. The molecular formula is C12H20F2N2O3. The van der Waals surface area contributed by atoms with E-state index in [0.717, 1.165) is 0 Å². The molecule has 0 aromatic heterocycles. The van der Waals surface area contributed by atoms with Gasteiger partial charge in [0.1, 0.15) is 6.04 Å². The highest BCUT2D eigenvalue weighted by Gasteiger charge is 2.38. The summed E-state index contributed by atoms with van der Waals surface area (Å²) >= 11 is 0. The maximum atomic E-state index is 13.3. The third-order valence-corrected chi connectivity index (χ3v) is 3.49. The zero-order valence-corrected chi connectivity index (χ0v) is 10.9. The van der Waals surface area contributed by atoms with Crippen LogP contribution in [-0.4, -0.2) is 53.5 Å². The van der Waals surface area contributed by atoms with Crippen LogP contribution in [0.5, 0.6) is 0 Å². The molecule has 0 aromatic carbocycles. The molecule has 19 heavy (non-hydrogen) atoms. The Morgan fingerprint density at radius 3 is 2.89 bits per heavy atom. The van der Waals surface area contributed by atoms with Crippen molar-refractivity contribution in [2.75, 3.05) is 13.1 Å². The number of aliphatic carboxylic acids is 1. The summed E-state index contributed by atoms with van der Waals surface area (Å²) in [6.07, 6.45) is 1.40. The number of alkyl halides is 2. The molecule has 0 spiro atoms. The number of nitrogens with zero attached hydrogens (tertiary/aromatic N) is 1. The Morgan fingerprint density at radius 1 is 1.63 bits per heavy atom. The topological polar surface area (TPSA) is 69.6 Å². The number of halogens is 2. The van der Waals surface area contributed by atoms with Gasteiger partial charge in [-0.15, -0.1) is 0 Å². The normalized spacial score (nSPS) is 24.7. The first kappa shape index (κ1) is 15.8. The predicted octanol–water partition coefficient (Wildman–Crippen LogP) is 1.09. The molecule has 0 aromatic rings. The van der Waals surface area contributed by atoms with Gasteiger partial charge in [0.2, 0.25) is 6.41 Å². The fourth-order valence-corrected chi connectivity index (χ4v) is 2.29. The highest BCUT2D eigenvalue weighted by Crippen LogP contribution is 2.30. The SMILES string of the molecule is CC1CCC(F)(F)CN1CCCC(NC=O)C(=O)O. The number of piperidine rings is 1. The van der Waals surface area contributed by atoms with Crippen LogP contribution in [0.3, 0.4) is 0 Å². The van der Waals surface area contributed by atoms with Crippen LogP contribution < -0.4 is 5.32 Å². The smallest absolute Gasteiger partial charge is 0.326 e. The van der Waals surface area contributed by atoms with E-state index in [0.29, 0.717) is 25.8 Å². The minimum atomic E-state index is -2.65. The number of likely N-dealkylation sites (tertiary alicyclic amines) is 1. The molecule has 1 heterocycles. The molecule has 110 valence electrons. The van der Waals surface area contributed by atoms with Crippen LogP contribution in [0, 0.1) is 0 Å². The summed E-state index contributed by atoms with van der Waals surface area (Å²) in [5.41, 5.74) is 0. The van der Waals surface area contributed by atoms with Crippen LogP contribution in [-0.2, 0) is 9.59 Å². The summed E-state index contributed by atoms with van der Waals surface area (Å²) < 4.78 is 26.5. The number of carbonyl (C=O) groups excluding carboxylic acids is 1. The molecule has 2 atom stereocenters. The number of hydrogen-bond acceptors (Lipinski definition) is 3. The minimum Gasteiger partial charge on any atom is -0.480 e. The predicted molar refractivity (Wildman–Crippen MR) is 65.1 cm³/mol. The number of carbonyl (C=O) groups is 2. The maximum Gasteiger partial charge on any atom is 0.326 e. The molecule has 1 amide bonds. The number of rotatable bonds is 7. The molecule has 0 bridgehead atoms. The molecule has 2 N–H and O–H groups in total. The molecule has 0 radical (unpaired) electrons. The first-order valence-electron chi connectivity index (χ1n) is 6.40. The minimum absolute atomic E-state index is 0.0851. The second-order valence-corrected chi connectivity index (χ2v) is 5.03. The van der Waals surface area contributed by atoms with Crippen LogP contribution in [0.1, 0.15) is 32.6 Å². The Bertz CT molecular complexity index is 326.